The van der Waals surface area contributed by atoms with E-state index in [-0.39, 0.29) is 6.10 Å². The molecule has 80 valence electrons. The molecule has 2 fully saturated rings. The summed E-state index contributed by atoms with van der Waals surface area (Å²) < 4.78 is 5.49. The molecule has 2 heteroatoms. The molecule has 0 saturated heterocycles. The zero-order valence-corrected chi connectivity index (χ0v) is 9.00. The fourth-order valence-corrected chi connectivity index (χ4v) is 3.17. The van der Waals surface area contributed by atoms with Crippen LogP contribution >= 0.6 is 0 Å². The number of Topliss-reactive ketones (excluding diaryl/α,β-unsaturated/α-hetero) is 1. The van der Waals surface area contributed by atoms with Gasteiger partial charge < -0.3 is 4.74 Å². The first-order valence-electron chi connectivity index (χ1n) is 5.85. The number of fused-ring (bicyclic) bond motifs is 1. The van der Waals surface area contributed by atoms with Crippen LogP contribution in [0, 0.1) is 11.8 Å². The molecule has 0 aromatic rings. The van der Waals surface area contributed by atoms with Crippen LogP contribution in [-0.2, 0) is 9.53 Å². The molecule has 0 aromatic heterocycles. The molecule has 3 atom stereocenters. The van der Waals surface area contributed by atoms with Crippen LogP contribution in [0.3, 0.4) is 0 Å². The van der Waals surface area contributed by atoms with Gasteiger partial charge >= 0.3 is 0 Å². The van der Waals surface area contributed by atoms with Crippen LogP contribution in [0.4, 0.5) is 0 Å². The van der Waals surface area contributed by atoms with Crippen molar-refractivity contribution in [3.8, 4) is 0 Å². The van der Waals surface area contributed by atoms with Gasteiger partial charge in [0, 0.05) is 20.0 Å². The van der Waals surface area contributed by atoms with E-state index < -0.39 is 0 Å². The lowest BCUT2D eigenvalue weighted by Gasteiger charge is -2.34. The first-order valence-corrected chi connectivity index (χ1v) is 5.85. The Hall–Kier alpha value is -0.370. The third kappa shape index (κ3) is 2.00. The van der Waals surface area contributed by atoms with Crippen LogP contribution in [0.25, 0.3) is 0 Å². The highest BCUT2D eigenvalue weighted by atomic mass is 16.5. The van der Waals surface area contributed by atoms with E-state index in [1.54, 1.807) is 7.11 Å². The van der Waals surface area contributed by atoms with Crippen LogP contribution in [0.15, 0.2) is 0 Å². The minimum atomic E-state index is 0.218. The average Bonchev–Trinajstić information content (AvgIpc) is 2.38. The summed E-state index contributed by atoms with van der Waals surface area (Å²) in [5.74, 6) is 1.84. The quantitative estimate of drug-likeness (QED) is 0.644. The fraction of sp³-hybridized carbons (Fsp3) is 0.917. The summed E-state index contributed by atoms with van der Waals surface area (Å²) in [6.45, 7) is 0. The minimum absolute atomic E-state index is 0.218. The van der Waals surface area contributed by atoms with Gasteiger partial charge in [-0.25, -0.2) is 0 Å². The second-order valence-electron chi connectivity index (χ2n) is 4.76. The van der Waals surface area contributed by atoms with Crippen molar-refractivity contribution in [2.45, 2.75) is 51.0 Å². The van der Waals surface area contributed by atoms with E-state index in [1.807, 2.05) is 0 Å². The molecule has 0 heterocycles. The van der Waals surface area contributed by atoms with Crippen molar-refractivity contribution in [3.63, 3.8) is 0 Å². The number of hydrogen-bond acceptors (Lipinski definition) is 2. The molecule has 0 bridgehead atoms. The lowest BCUT2D eigenvalue weighted by molar-refractivity contribution is -0.121. The number of ether oxygens (including phenoxy) is 1. The van der Waals surface area contributed by atoms with Gasteiger partial charge in [-0.1, -0.05) is 19.3 Å². The van der Waals surface area contributed by atoms with Crippen molar-refractivity contribution in [1.29, 1.82) is 0 Å². The lowest BCUT2D eigenvalue weighted by Crippen LogP contribution is -2.31. The Morgan fingerprint density at radius 2 is 2.00 bits per heavy atom. The van der Waals surface area contributed by atoms with Gasteiger partial charge in [0.1, 0.15) is 5.78 Å². The van der Waals surface area contributed by atoms with Crippen molar-refractivity contribution >= 4 is 5.78 Å². The molecule has 0 aromatic carbocycles. The number of hydrogen-bond donors (Lipinski definition) is 0. The molecule has 2 aliphatic rings. The van der Waals surface area contributed by atoms with E-state index in [2.05, 4.69) is 0 Å². The maximum absolute atomic E-state index is 11.5. The number of carbonyl (C=O) groups is 1. The normalized spacial score (nSPS) is 38.9. The Kier molecular flexibility index (Phi) is 3.22. The molecule has 0 aliphatic heterocycles. The predicted octanol–water partition coefficient (Wildman–Crippen LogP) is 2.56. The maximum atomic E-state index is 11.5. The summed E-state index contributed by atoms with van der Waals surface area (Å²) in [7, 11) is 1.76. The molecule has 0 amide bonds. The molecule has 2 aliphatic carbocycles. The molecule has 0 radical (unpaired) electrons. The van der Waals surface area contributed by atoms with Gasteiger partial charge in [-0.15, -0.1) is 0 Å². The maximum Gasteiger partial charge on any atom is 0.135 e. The SMILES string of the molecule is CO[C@H]1CC(=O)CC[C@@H]2CCCC[C@@H]21. The number of rotatable bonds is 1. The highest BCUT2D eigenvalue weighted by Crippen LogP contribution is 2.39. The summed E-state index contributed by atoms with van der Waals surface area (Å²) in [5.41, 5.74) is 0. The first kappa shape index (κ1) is 10.2. The largest absolute Gasteiger partial charge is 0.381 e. The van der Waals surface area contributed by atoms with Gasteiger partial charge in [-0.3, -0.25) is 4.79 Å². The highest BCUT2D eigenvalue weighted by Gasteiger charge is 2.35. The van der Waals surface area contributed by atoms with Crippen LogP contribution in [0.5, 0.6) is 0 Å². The van der Waals surface area contributed by atoms with Gasteiger partial charge in [-0.05, 0) is 24.7 Å². The van der Waals surface area contributed by atoms with Crippen LogP contribution in [0.2, 0.25) is 0 Å². The van der Waals surface area contributed by atoms with Gasteiger partial charge in [-0.2, -0.15) is 0 Å². The van der Waals surface area contributed by atoms with Crippen LogP contribution < -0.4 is 0 Å². The zero-order valence-electron chi connectivity index (χ0n) is 9.00. The molecule has 2 saturated carbocycles. The predicted molar refractivity (Wildman–Crippen MR) is 55.1 cm³/mol. The van der Waals surface area contributed by atoms with Crippen molar-refractivity contribution in [3.05, 3.63) is 0 Å². The number of methoxy groups -OCH3 is 1. The van der Waals surface area contributed by atoms with Gasteiger partial charge in [0.2, 0.25) is 0 Å². The van der Waals surface area contributed by atoms with E-state index in [0.29, 0.717) is 18.1 Å². The van der Waals surface area contributed by atoms with Crippen molar-refractivity contribution < 1.29 is 9.53 Å². The van der Waals surface area contributed by atoms with Gasteiger partial charge in [0.25, 0.3) is 0 Å². The highest BCUT2D eigenvalue weighted by molar-refractivity contribution is 5.79. The Bertz CT molecular complexity index is 212. The third-order valence-corrected chi connectivity index (χ3v) is 3.97. The van der Waals surface area contributed by atoms with E-state index in [1.165, 1.54) is 25.7 Å². The van der Waals surface area contributed by atoms with Gasteiger partial charge in [0.15, 0.2) is 0 Å². The molecule has 0 unspecified atom stereocenters. The molecular weight excluding hydrogens is 176 g/mol. The van der Waals surface area contributed by atoms with E-state index in [0.717, 1.165) is 18.8 Å². The standard InChI is InChI=1S/C12H20O2/c1-14-12-8-10(13)7-6-9-4-2-3-5-11(9)12/h9,11-12H,2-8H2,1H3/t9-,11-,12-/m0/s1. The molecule has 0 N–H and O–H groups in total. The monoisotopic (exact) mass is 196 g/mol. The third-order valence-electron chi connectivity index (χ3n) is 3.97. The van der Waals surface area contributed by atoms with E-state index >= 15 is 0 Å². The van der Waals surface area contributed by atoms with Crippen molar-refractivity contribution in [2.75, 3.05) is 7.11 Å². The Morgan fingerprint density at radius 3 is 2.79 bits per heavy atom. The summed E-state index contributed by atoms with van der Waals surface area (Å²) in [4.78, 5) is 11.5. The number of carbonyl (C=O) groups excluding carboxylic acids is 1. The second-order valence-corrected chi connectivity index (χ2v) is 4.76. The summed E-state index contributed by atoms with van der Waals surface area (Å²) in [6.07, 6.45) is 8.06. The van der Waals surface area contributed by atoms with Crippen molar-refractivity contribution in [2.24, 2.45) is 11.8 Å². The lowest BCUT2D eigenvalue weighted by atomic mass is 9.75. The van der Waals surface area contributed by atoms with Gasteiger partial charge in [0.05, 0.1) is 6.10 Å². The van der Waals surface area contributed by atoms with Crippen LogP contribution in [-0.4, -0.2) is 19.0 Å². The molecular formula is C12H20O2. The average molecular weight is 196 g/mol. The molecule has 2 nitrogen and oxygen atoms in total. The van der Waals surface area contributed by atoms with E-state index in [4.69, 9.17) is 4.74 Å². The molecule has 2 rings (SSSR count). The van der Waals surface area contributed by atoms with Crippen LogP contribution in [0.1, 0.15) is 44.9 Å². The Morgan fingerprint density at radius 1 is 1.21 bits per heavy atom. The fourth-order valence-electron chi connectivity index (χ4n) is 3.17. The topological polar surface area (TPSA) is 26.3 Å². The molecule has 14 heavy (non-hydrogen) atoms. The summed E-state index contributed by atoms with van der Waals surface area (Å²) >= 11 is 0. The Labute approximate surface area is 86.0 Å². The number of ketones is 1. The zero-order chi connectivity index (χ0) is 9.97. The smallest absolute Gasteiger partial charge is 0.135 e. The minimum Gasteiger partial charge on any atom is -0.381 e. The van der Waals surface area contributed by atoms with Crippen molar-refractivity contribution in [1.82, 2.24) is 0 Å². The van der Waals surface area contributed by atoms with E-state index in [9.17, 15) is 4.79 Å². The Balaban J connectivity index is 2.09. The first-order chi connectivity index (χ1) is 6.81. The summed E-state index contributed by atoms with van der Waals surface area (Å²) in [5, 5.41) is 0. The summed E-state index contributed by atoms with van der Waals surface area (Å²) in [6, 6.07) is 0. The second kappa shape index (κ2) is 4.43. The molecule has 0 spiro atoms.